The third-order valence-corrected chi connectivity index (χ3v) is 3.01. The Morgan fingerprint density at radius 1 is 1.33 bits per heavy atom. The average Bonchev–Trinajstić information content (AvgIpc) is 2.40. The first kappa shape index (κ1) is 14.7. The fourth-order valence-corrected chi connectivity index (χ4v) is 1.89. The second-order valence-corrected chi connectivity index (χ2v) is 4.89. The molecule has 0 saturated heterocycles. The van der Waals surface area contributed by atoms with Crippen LogP contribution in [0.1, 0.15) is 52.4 Å². The van der Waals surface area contributed by atoms with E-state index in [0.717, 1.165) is 25.5 Å². The zero-order chi connectivity index (χ0) is 13.3. The number of aromatic nitrogens is 1. The van der Waals surface area contributed by atoms with E-state index in [9.17, 15) is 4.79 Å². The number of hydrogen-bond acceptors (Lipinski definition) is 3. The van der Waals surface area contributed by atoms with Gasteiger partial charge in [0.25, 0.3) is 0 Å². The molecule has 3 heteroatoms. The molecular formula is C15H23NO2. The van der Waals surface area contributed by atoms with Gasteiger partial charge < -0.3 is 4.74 Å². The summed E-state index contributed by atoms with van der Waals surface area (Å²) < 4.78 is 5.73. The van der Waals surface area contributed by atoms with Crippen molar-refractivity contribution in [3.8, 4) is 5.75 Å². The molecule has 0 aliphatic carbocycles. The van der Waals surface area contributed by atoms with Crippen molar-refractivity contribution >= 4 is 6.29 Å². The summed E-state index contributed by atoms with van der Waals surface area (Å²) >= 11 is 0. The maximum atomic E-state index is 11.2. The predicted molar refractivity (Wildman–Crippen MR) is 72.7 cm³/mol. The van der Waals surface area contributed by atoms with E-state index in [-0.39, 0.29) is 0 Å². The lowest BCUT2D eigenvalue weighted by molar-refractivity contribution is -0.120. The molecule has 1 atom stereocenters. The lowest BCUT2D eigenvalue weighted by Gasteiger charge is -2.24. The molecule has 0 saturated carbocycles. The van der Waals surface area contributed by atoms with Gasteiger partial charge in [-0.25, -0.2) is 0 Å². The van der Waals surface area contributed by atoms with E-state index in [1.165, 1.54) is 19.3 Å². The van der Waals surface area contributed by atoms with Gasteiger partial charge in [0, 0.05) is 6.20 Å². The van der Waals surface area contributed by atoms with Crippen molar-refractivity contribution in [3.05, 3.63) is 24.5 Å². The van der Waals surface area contributed by atoms with Gasteiger partial charge in [-0.3, -0.25) is 9.78 Å². The average molecular weight is 249 g/mol. The number of hydrogen-bond donors (Lipinski definition) is 0. The van der Waals surface area contributed by atoms with Crippen molar-refractivity contribution in [3.63, 3.8) is 0 Å². The van der Waals surface area contributed by atoms with Gasteiger partial charge in [-0.1, -0.05) is 32.6 Å². The SMILES string of the molecule is CCCCCCCC(C)(C=O)Oc1cccnc1. The Kier molecular flexibility index (Phi) is 6.40. The lowest BCUT2D eigenvalue weighted by Crippen LogP contribution is -2.34. The third-order valence-electron chi connectivity index (χ3n) is 3.01. The molecule has 1 aromatic heterocycles. The van der Waals surface area contributed by atoms with E-state index in [4.69, 9.17) is 4.74 Å². The Labute approximate surface area is 110 Å². The molecule has 0 bridgehead atoms. The van der Waals surface area contributed by atoms with E-state index in [1.807, 2.05) is 19.1 Å². The van der Waals surface area contributed by atoms with Crippen LogP contribution in [0.15, 0.2) is 24.5 Å². The number of unbranched alkanes of at least 4 members (excludes halogenated alkanes) is 4. The quantitative estimate of drug-likeness (QED) is 0.494. The third kappa shape index (κ3) is 5.30. The van der Waals surface area contributed by atoms with Crippen LogP contribution in [0.3, 0.4) is 0 Å². The van der Waals surface area contributed by atoms with E-state index in [2.05, 4.69) is 11.9 Å². The minimum Gasteiger partial charge on any atom is -0.478 e. The number of carbonyl (C=O) groups excluding carboxylic acids is 1. The van der Waals surface area contributed by atoms with Crippen LogP contribution in [0.5, 0.6) is 5.75 Å². The van der Waals surface area contributed by atoms with Crippen LogP contribution < -0.4 is 4.74 Å². The van der Waals surface area contributed by atoms with Crippen LogP contribution in [-0.2, 0) is 4.79 Å². The Bertz CT molecular complexity index is 340. The van der Waals surface area contributed by atoms with Crippen LogP contribution in [0, 0.1) is 0 Å². The van der Waals surface area contributed by atoms with Crippen LogP contribution in [0.4, 0.5) is 0 Å². The maximum Gasteiger partial charge on any atom is 0.163 e. The molecule has 0 aliphatic heterocycles. The second-order valence-electron chi connectivity index (χ2n) is 4.89. The number of rotatable bonds is 9. The molecular weight excluding hydrogens is 226 g/mol. The summed E-state index contributed by atoms with van der Waals surface area (Å²) in [5.41, 5.74) is -0.727. The highest BCUT2D eigenvalue weighted by Gasteiger charge is 2.25. The minimum absolute atomic E-state index is 0.653. The summed E-state index contributed by atoms with van der Waals surface area (Å²) in [7, 11) is 0. The first-order valence-corrected chi connectivity index (χ1v) is 6.75. The predicted octanol–water partition coefficient (Wildman–Crippen LogP) is 3.78. The number of carbonyl (C=O) groups is 1. The van der Waals surface area contributed by atoms with Crippen molar-refractivity contribution < 1.29 is 9.53 Å². The summed E-state index contributed by atoms with van der Waals surface area (Å²) in [6.45, 7) is 4.04. The van der Waals surface area contributed by atoms with Crippen molar-refractivity contribution in [2.45, 2.75) is 58.0 Å². The van der Waals surface area contributed by atoms with Gasteiger partial charge in [-0.15, -0.1) is 0 Å². The van der Waals surface area contributed by atoms with E-state index >= 15 is 0 Å². The van der Waals surface area contributed by atoms with Crippen LogP contribution in [0.2, 0.25) is 0 Å². The van der Waals surface area contributed by atoms with Crippen LogP contribution in [-0.4, -0.2) is 16.9 Å². The first-order valence-electron chi connectivity index (χ1n) is 6.75. The van der Waals surface area contributed by atoms with E-state index < -0.39 is 5.60 Å². The van der Waals surface area contributed by atoms with Gasteiger partial charge in [0.2, 0.25) is 0 Å². The monoisotopic (exact) mass is 249 g/mol. The van der Waals surface area contributed by atoms with Gasteiger partial charge in [0.05, 0.1) is 6.20 Å². The van der Waals surface area contributed by atoms with Crippen LogP contribution >= 0.6 is 0 Å². The van der Waals surface area contributed by atoms with Gasteiger partial charge in [-0.2, -0.15) is 0 Å². The van der Waals surface area contributed by atoms with Gasteiger partial charge in [0.1, 0.15) is 5.75 Å². The minimum atomic E-state index is -0.727. The topological polar surface area (TPSA) is 39.2 Å². The van der Waals surface area contributed by atoms with Crippen LogP contribution in [0.25, 0.3) is 0 Å². The summed E-state index contributed by atoms with van der Waals surface area (Å²) in [6, 6.07) is 3.63. The highest BCUT2D eigenvalue weighted by molar-refractivity contribution is 5.62. The van der Waals surface area contributed by atoms with E-state index in [0.29, 0.717) is 5.75 Å². The van der Waals surface area contributed by atoms with Crippen molar-refractivity contribution in [1.29, 1.82) is 0 Å². The molecule has 1 unspecified atom stereocenters. The first-order chi connectivity index (χ1) is 8.70. The molecule has 0 radical (unpaired) electrons. The van der Waals surface area contributed by atoms with Gasteiger partial charge in [0.15, 0.2) is 11.9 Å². The molecule has 0 aromatic carbocycles. The van der Waals surface area contributed by atoms with Crippen molar-refractivity contribution in [2.24, 2.45) is 0 Å². The molecule has 0 spiro atoms. The van der Waals surface area contributed by atoms with Gasteiger partial charge in [-0.05, 0) is 31.9 Å². The molecule has 0 amide bonds. The summed E-state index contributed by atoms with van der Waals surface area (Å²) in [4.78, 5) is 15.2. The smallest absolute Gasteiger partial charge is 0.163 e. The molecule has 1 rings (SSSR count). The fourth-order valence-electron chi connectivity index (χ4n) is 1.89. The van der Waals surface area contributed by atoms with E-state index in [1.54, 1.807) is 12.4 Å². The molecule has 1 heterocycles. The zero-order valence-corrected chi connectivity index (χ0v) is 11.4. The molecule has 100 valence electrons. The second kappa shape index (κ2) is 7.85. The molecule has 0 fully saturated rings. The Morgan fingerprint density at radius 2 is 2.11 bits per heavy atom. The Morgan fingerprint density at radius 3 is 2.72 bits per heavy atom. The number of nitrogens with zero attached hydrogens (tertiary/aromatic N) is 1. The number of ether oxygens (including phenoxy) is 1. The highest BCUT2D eigenvalue weighted by Crippen LogP contribution is 2.21. The summed E-state index contributed by atoms with van der Waals surface area (Å²) in [6.07, 6.45) is 10.9. The maximum absolute atomic E-state index is 11.2. The molecule has 0 aliphatic rings. The summed E-state index contributed by atoms with van der Waals surface area (Å²) in [5, 5.41) is 0. The number of aldehydes is 1. The summed E-state index contributed by atoms with van der Waals surface area (Å²) in [5.74, 6) is 0.653. The van der Waals surface area contributed by atoms with Gasteiger partial charge >= 0.3 is 0 Å². The zero-order valence-electron chi connectivity index (χ0n) is 11.4. The Hall–Kier alpha value is -1.38. The highest BCUT2D eigenvalue weighted by atomic mass is 16.5. The molecule has 0 N–H and O–H groups in total. The fraction of sp³-hybridized carbons (Fsp3) is 0.600. The molecule has 3 nitrogen and oxygen atoms in total. The standard InChI is InChI=1S/C15H23NO2/c1-3-4-5-6-7-10-15(2,13-17)18-14-9-8-11-16-12-14/h8-9,11-13H,3-7,10H2,1-2H3. The largest absolute Gasteiger partial charge is 0.478 e. The normalized spacial score (nSPS) is 13.9. The Balaban J connectivity index is 2.40. The van der Waals surface area contributed by atoms with Crippen molar-refractivity contribution in [2.75, 3.05) is 0 Å². The molecule has 1 aromatic rings. The molecule has 18 heavy (non-hydrogen) atoms. The lowest BCUT2D eigenvalue weighted by atomic mass is 9.99. The van der Waals surface area contributed by atoms with Crippen molar-refractivity contribution in [1.82, 2.24) is 4.98 Å². The number of pyridine rings is 1.